The van der Waals surface area contributed by atoms with Gasteiger partial charge in [-0.3, -0.25) is 9.69 Å². The number of likely N-dealkylation sites (tertiary alicyclic amines) is 1. The second kappa shape index (κ2) is 6.62. The normalized spacial score (nSPS) is 16.8. The van der Waals surface area contributed by atoms with Gasteiger partial charge in [-0.1, -0.05) is 6.92 Å². The molecule has 7 nitrogen and oxygen atoms in total. The minimum Gasteiger partial charge on any atom is -0.348 e. The van der Waals surface area contributed by atoms with Gasteiger partial charge in [0.25, 0.3) is 11.7 Å². The molecule has 0 spiro atoms. The van der Waals surface area contributed by atoms with Crippen LogP contribution in [0, 0.1) is 13.8 Å². The largest absolute Gasteiger partial charge is 0.348 e. The standard InChI is InChI=1S/C16H24N6O/c1-4-13(21-7-5-6-8-21)10-17-15(23)14-19-16-18-11(2)9-12(3)22(16)20-14/h9,13H,4-8,10H2,1-3H3,(H,17,23). The van der Waals surface area contributed by atoms with E-state index in [1.807, 2.05) is 19.9 Å². The molecule has 3 rings (SSSR count). The number of carbonyl (C=O) groups excluding carboxylic acids is 1. The van der Waals surface area contributed by atoms with E-state index in [-0.39, 0.29) is 11.7 Å². The molecule has 23 heavy (non-hydrogen) atoms. The van der Waals surface area contributed by atoms with Crippen LogP contribution in [0.5, 0.6) is 0 Å². The fourth-order valence-electron chi connectivity index (χ4n) is 3.19. The van der Waals surface area contributed by atoms with E-state index >= 15 is 0 Å². The lowest BCUT2D eigenvalue weighted by molar-refractivity contribution is 0.0927. The molecule has 1 aliphatic rings. The summed E-state index contributed by atoms with van der Waals surface area (Å²) in [7, 11) is 0. The predicted molar refractivity (Wildman–Crippen MR) is 87.5 cm³/mol. The Hall–Kier alpha value is -2.02. The SMILES string of the molecule is CCC(CNC(=O)c1nc2nc(C)cc(C)n2n1)N1CCCC1. The van der Waals surface area contributed by atoms with E-state index in [9.17, 15) is 4.79 Å². The quantitative estimate of drug-likeness (QED) is 0.901. The molecule has 7 heteroatoms. The molecule has 1 saturated heterocycles. The average molecular weight is 316 g/mol. The van der Waals surface area contributed by atoms with E-state index in [0.29, 0.717) is 18.4 Å². The van der Waals surface area contributed by atoms with Gasteiger partial charge in [0.1, 0.15) is 0 Å². The molecule has 0 aliphatic carbocycles. The number of rotatable bonds is 5. The number of hydrogen-bond acceptors (Lipinski definition) is 5. The molecule has 124 valence electrons. The van der Waals surface area contributed by atoms with E-state index in [4.69, 9.17) is 0 Å². The van der Waals surface area contributed by atoms with Crippen LogP contribution in [0.1, 0.15) is 48.2 Å². The molecular weight excluding hydrogens is 292 g/mol. The molecule has 1 aliphatic heterocycles. The number of aryl methyl sites for hydroxylation is 2. The summed E-state index contributed by atoms with van der Waals surface area (Å²) in [4.78, 5) is 23.4. The number of nitrogens with zero attached hydrogens (tertiary/aromatic N) is 5. The maximum atomic E-state index is 12.4. The first-order valence-electron chi connectivity index (χ1n) is 8.31. The average Bonchev–Trinajstić information content (AvgIpc) is 3.17. The molecule has 2 aromatic rings. The van der Waals surface area contributed by atoms with Crippen LogP contribution in [0.3, 0.4) is 0 Å². The third-order valence-electron chi connectivity index (χ3n) is 4.45. The highest BCUT2D eigenvalue weighted by molar-refractivity contribution is 5.90. The Labute approximate surface area is 136 Å². The van der Waals surface area contributed by atoms with Crippen molar-refractivity contribution in [3.63, 3.8) is 0 Å². The number of amides is 1. The minimum atomic E-state index is -0.231. The lowest BCUT2D eigenvalue weighted by Gasteiger charge is -2.26. The summed E-state index contributed by atoms with van der Waals surface area (Å²) in [5.41, 5.74) is 1.79. The van der Waals surface area contributed by atoms with Gasteiger partial charge in [-0.05, 0) is 52.3 Å². The van der Waals surface area contributed by atoms with Gasteiger partial charge in [0.2, 0.25) is 5.82 Å². The zero-order chi connectivity index (χ0) is 16.4. The maximum absolute atomic E-state index is 12.4. The summed E-state index contributed by atoms with van der Waals surface area (Å²) < 4.78 is 1.61. The fourth-order valence-corrected chi connectivity index (χ4v) is 3.19. The maximum Gasteiger partial charge on any atom is 0.291 e. The number of carbonyl (C=O) groups is 1. The van der Waals surface area contributed by atoms with Gasteiger partial charge in [0, 0.05) is 24.0 Å². The monoisotopic (exact) mass is 316 g/mol. The first-order chi connectivity index (χ1) is 11.1. The van der Waals surface area contributed by atoms with Crippen LogP contribution in [0.2, 0.25) is 0 Å². The first-order valence-corrected chi connectivity index (χ1v) is 8.31. The van der Waals surface area contributed by atoms with Crippen LogP contribution in [-0.2, 0) is 0 Å². The van der Waals surface area contributed by atoms with E-state index in [1.54, 1.807) is 4.52 Å². The van der Waals surface area contributed by atoms with Crippen LogP contribution in [0.15, 0.2) is 6.07 Å². The van der Waals surface area contributed by atoms with Gasteiger partial charge in [-0.25, -0.2) is 9.50 Å². The van der Waals surface area contributed by atoms with E-state index in [2.05, 4.69) is 32.2 Å². The van der Waals surface area contributed by atoms with E-state index < -0.39 is 0 Å². The molecule has 0 bridgehead atoms. The Morgan fingerprint density at radius 3 is 2.74 bits per heavy atom. The van der Waals surface area contributed by atoms with E-state index in [1.165, 1.54) is 12.8 Å². The number of hydrogen-bond donors (Lipinski definition) is 1. The van der Waals surface area contributed by atoms with Crippen LogP contribution >= 0.6 is 0 Å². The molecule has 2 aromatic heterocycles. The van der Waals surface area contributed by atoms with Crippen molar-refractivity contribution in [2.45, 2.75) is 46.1 Å². The van der Waals surface area contributed by atoms with Crippen LogP contribution in [-0.4, -0.2) is 56.1 Å². The molecule has 0 aromatic carbocycles. The molecule has 0 saturated carbocycles. The van der Waals surface area contributed by atoms with Crippen molar-refractivity contribution in [3.8, 4) is 0 Å². The number of aromatic nitrogens is 4. The molecular formula is C16H24N6O. The van der Waals surface area contributed by atoms with Crippen LogP contribution < -0.4 is 5.32 Å². The third-order valence-corrected chi connectivity index (χ3v) is 4.45. The van der Waals surface area contributed by atoms with Gasteiger partial charge in [0.05, 0.1) is 0 Å². The van der Waals surface area contributed by atoms with Crippen molar-refractivity contribution in [2.24, 2.45) is 0 Å². The summed E-state index contributed by atoms with van der Waals surface area (Å²) in [6, 6.07) is 2.31. The molecule has 1 amide bonds. The van der Waals surface area contributed by atoms with Crippen LogP contribution in [0.4, 0.5) is 0 Å². The zero-order valence-corrected chi connectivity index (χ0v) is 14.0. The lowest BCUT2D eigenvalue weighted by atomic mass is 10.2. The molecule has 1 N–H and O–H groups in total. The van der Waals surface area contributed by atoms with Crippen molar-refractivity contribution in [3.05, 3.63) is 23.3 Å². The Kier molecular flexibility index (Phi) is 4.56. The number of nitrogens with one attached hydrogen (secondary N) is 1. The Morgan fingerprint density at radius 2 is 2.04 bits per heavy atom. The highest BCUT2D eigenvalue weighted by Crippen LogP contribution is 2.13. The third kappa shape index (κ3) is 3.34. The van der Waals surface area contributed by atoms with Crippen molar-refractivity contribution < 1.29 is 4.79 Å². The van der Waals surface area contributed by atoms with Gasteiger partial charge in [0.15, 0.2) is 0 Å². The molecule has 1 atom stereocenters. The smallest absolute Gasteiger partial charge is 0.291 e. The number of fused-ring (bicyclic) bond motifs is 1. The van der Waals surface area contributed by atoms with Crippen molar-refractivity contribution in [2.75, 3.05) is 19.6 Å². The highest BCUT2D eigenvalue weighted by atomic mass is 16.2. The van der Waals surface area contributed by atoms with Gasteiger partial charge < -0.3 is 5.32 Å². The topological polar surface area (TPSA) is 75.4 Å². The van der Waals surface area contributed by atoms with Crippen LogP contribution in [0.25, 0.3) is 5.78 Å². The summed E-state index contributed by atoms with van der Waals surface area (Å²) >= 11 is 0. The summed E-state index contributed by atoms with van der Waals surface area (Å²) in [6.45, 7) is 8.89. The summed E-state index contributed by atoms with van der Waals surface area (Å²) in [6.07, 6.45) is 3.53. The molecule has 1 fully saturated rings. The zero-order valence-electron chi connectivity index (χ0n) is 14.0. The van der Waals surface area contributed by atoms with Crippen molar-refractivity contribution in [1.82, 2.24) is 29.8 Å². The Balaban J connectivity index is 1.69. The second-order valence-corrected chi connectivity index (χ2v) is 6.20. The Bertz CT molecular complexity index is 704. The van der Waals surface area contributed by atoms with Crippen molar-refractivity contribution >= 4 is 11.7 Å². The summed E-state index contributed by atoms with van der Waals surface area (Å²) in [5, 5.41) is 7.25. The fraction of sp³-hybridized carbons (Fsp3) is 0.625. The predicted octanol–water partition coefficient (Wildman–Crippen LogP) is 1.35. The first kappa shape index (κ1) is 15.9. The highest BCUT2D eigenvalue weighted by Gasteiger charge is 2.22. The van der Waals surface area contributed by atoms with Gasteiger partial charge >= 0.3 is 0 Å². The van der Waals surface area contributed by atoms with Gasteiger partial charge in [-0.15, -0.1) is 5.10 Å². The molecule has 3 heterocycles. The Morgan fingerprint density at radius 1 is 1.30 bits per heavy atom. The lowest BCUT2D eigenvalue weighted by Crippen LogP contribution is -2.42. The van der Waals surface area contributed by atoms with Crippen molar-refractivity contribution in [1.29, 1.82) is 0 Å². The molecule has 0 radical (unpaired) electrons. The minimum absolute atomic E-state index is 0.183. The van der Waals surface area contributed by atoms with E-state index in [0.717, 1.165) is 30.9 Å². The van der Waals surface area contributed by atoms with Gasteiger partial charge in [-0.2, -0.15) is 4.98 Å². The second-order valence-electron chi connectivity index (χ2n) is 6.20. The summed E-state index contributed by atoms with van der Waals surface area (Å²) in [5.74, 6) is 0.423. The molecule has 1 unspecified atom stereocenters.